The minimum Gasteiger partial charge on any atom is -0.496 e. The summed E-state index contributed by atoms with van der Waals surface area (Å²) in [5.41, 5.74) is 11.2. The lowest BCUT2D eigenvalue weighted by Crippen LogP contribution is -2.43. The average Bonchev–Trinajstić information content (AvgIpc) is 3.27. The van der Waals surface area contributed by atoms with E-state index >= 15 is 0 Å². The van der Waals surface area contributed by atoms with Gasteiger partial charge in [-0.3, -0.25) is 0 Å². The number of rotatable bonds is 12. The first-order valence-corrected chi connectivity index (χ1v) is 14.9. The summed E-state index contributed by atoms with van der Waals surface area (Å²) in [4.78, 5) is 9.36. The molecule has 42 heavy (non-hydrogen) atoms. The highest BCUT2D eigenvalue weighted by Crippen LogP contribution is 2.35. The highest BCUT2D eigenvalue weighted by atomic mass is 16.5. The van der Waals surface area contributed by atoms with Crippen LogP contribution in [0, 0.1) is 0 Å². The summed E-state index contributed by atoms with van der Waals surface area (Å²) in [7, 11) is 1.71. The van der Waals surface area contributed by atoms with Gasteiger partial charge in [-0.15, -0.1) is 0 Å². The van der Waals surface area contributed by atoms with Crippen molar-refractivity contribution < 1.29 is 14.6 Å². The summed E-state index contributed by atoms with van der Waals surface area (Å²) in [6.45, 7) is 8.56. The maximum Gasteiger partial charge on any atom is 0.222 e. The van der Waals surface area contributed by atoms with Crippen molar-refractivity contribution >= 4 is 33.7 Å². The molecule has 2 aromatic heterocycles. The number of aliphatic hydroxyl groups excluding tert-OH is 1. The van der Waals surface area contributed by atoms with Crippen molar-refractivity contribution in [1.29, 1.82) is 0 Å². The Kier molecular flexibility index (Phi) is 9.30. The number of benzene rings is 2. The van der Waals surface area contributed by atoms with Crippen molar-refractivity contribution in [3.8, 4) is 5.75 Å². The molecular weight excluding hydrogens is 528 g/mol. The molecule has 0 spiro atoms. The first-order valence-electron chi connectivity index (χ1n) is 14.9. The number of nitrogens with one attached hydrogen (secondary N) is 2. The number of hydrogen-bond donors (Lipinski definition) is 4. The van der Waals surface area contributed by atoms with Crippen LogP contribution in [0.25, 0.3) is 21.9 Å². The SMILES string of the molecule is CCCC(/C=C/CO)Nc1nc(N)nc2c3ccccc3n(Cc3cc(CNC4CCOC(C)(C)C4)ccc3OC)c12. The maximum atomic E-state index is 9.39. The van der Waals surface area contributed by atoms with Gasteiger partial charge in [0.25, 0.3) is 0 Å². The van der Waals surface area contributed by atoms with Crippen LogP contribution < -0.4 is 21.1 Å². The van der Waals surface area contributed by atoms with Crippen LogP contribution >= 0.6 is 0 Å². The Labute approximate surface area is 248 Å². The summed E-state index contributed by atoms with van der Waals surface area (Å²) in [5.74, 6) is 1.72. The van der Waals surface area contributed by atoms with Gasteiger partial charge in [-0.25, -0.2) is 4.98 Å². The Morgan fingerprint density at radius 3 is 2.83 bits per heavy atom. The molecule has 0 bridgehead atoms. The lowest BCUT2D eigenvalue weighted by atomic mass is 9.94. The van der Waals surface area contributed by atoms with E-state index in [4.69, 9.17) is 20.2 Å². The number of anilines is 2. The van der Waals surface area contributed by atoms with Gasteiger partial charge >= 0.3 is 0 Å². The summed E-state index contributed by atoms with van der Waals surface area (Å²) >= 11 is 0. The third-order valence-corrected chi connectivity index (χ3v) is 7.98. The molecule has 0 aliphatic carbocycles. The fourth-order valence-electron chi connectivity index (χ4n) is 6.04. The van der Waals surface area contributed by atoms with Crippen LogP contribution in [0.1, 0.15) is 57.6 Å². The number of nitrogens with zero attached hydrogens (tertiary/aromatic N) is 3. The number of aromatic nitrogens is 3. The first kappa shape index (κ1) is 29.8. The van der Waals surface area contributed by atoms with Gasteiger partial charge in [0, 0.05) is 36.2 Å². The number of nitrogens with two attached hydrogens (primary N) is 1. The predicted molar refractivity (Wildman–Crippen MR) is 170 cm³/mol. The van der Waals surface area contributed by atoms with Crippen molar-refractivity contribution in [3.05, 3.63) is 65.7 Å². The van der Waals surface area contributed by atoms with Gasteiger partial charge in [0.15, 0.2) is 5.82 Å². The number of para-hydroxylation sites is 1. The monoisotopic (exact) mass is 572 g/mol. The normalized spacial score (nSPS) is 17.7. The Morgan fingerprint density at radius 2 is 2.07 bits per heavy atom. The summed E-state index contributed by atoms with van der Waals surface area (Å²) in [6, 6.07) is 15.1. The minimum absolute atomic E-state index is 0.00906. The molecule has 1 aliphatic rings. The molecule has 2 atom stereocenters. The lowest BCUT2D eigenvalue weighted by molar-refractivity contribution is -0.0630. The first-order chi connectivity index (χ1) is 20.3. The fraction of sp³-hybridized carbons (Fsp3) is 0.455. The third kappa shape index (κ3) is 6.69. The van der Waals surface area contributed by atoms with Gasteiger partial charge in [0.05, 0.1) is 31.4 Å². The van der Waals surface area contributed by atoms with E-state index in [0.717, 1.165) is 72.1 Å². The molecule has 4 aromatic rings. The molecule has 224 valence electrons. The molecule has 0 saturated carbocycles. The number of hydrogen-bond acceptors (Lipinski definition) is 8. The Morgan fingerprint density at radius 1 is 1.24 bits per heavy atom. The van der Waals surface area contributed by atoms with Crippen molar-refractivity contribution in [3.63, 3.8) is 0 Å². The highest BCUT2D eigenvalue weighted by molar-refractivity contribution is 6.09. The van der Waals surface area contributed by atoms with E-state index in [9.17, 15) is 5.11 Å². The molecule has 5 rings (SSSR count). The lowest BCUT2D eigenvalue weighted by Gasteiger charge is -2.36. The van der Waals surface area contributed by atoms with Crippen LogP contribution in [-0.4, -0.2) is 57.6 Å². The van der Waals surface area contributed by atoms with Crippen molar-refractivity contribution in [1.82, 2.24) is 19.9 Å². The van der Waals surface area contributed by atoms with Gasteiger partial charge in [-0.1, -0.05) is 49.8 Å². The number of ether oxygens (including phenoxy) is 2. The van der Waals surface area contributed by atoms with E-state index in [1.807, 2.05) is 18.2 Å². The molecule has 1 saturated heterocycles. The molecule has 0 radical (unpaired) electrons. The molecule has 9 nitrogen and oxygen atoms in total. The standard InChI is InChI=1S/C33H44N6O3/c1-5-9-24(10-8-16-40)36-31-30-29(37-32(34)38-31)26-11-6-7-12-27(26)39(30)21-23-18-22(13-14-28(23)41-4)20-35-25-15-17-42-33(2,3)19-25/h6-8,10-14,18,24-25,35,40H,5,9,15-17,19-21H2,1-4H3,(H3,34,36,37,38)/b10-8+. The smallest absolute Gasteiger partial charge is 0.222 e. The number of aliphatic hydroxyl groups is 1. The second kappa shape index (κ2) is 13.1. The van der Waals surface area contributed by atoms with Crippen LogP contribution in [-0.2, 0) is 17.8 Å². The van der Waals surface area contributed by atoms with E-state index in [1.54, 1.807) is 13.2 Å². The zero-order valence-corrected chi connectivity index (χ0v) is 25.2. The summed E-state index contributed by atoms with van der Waals surface area (Å²) in [5, 5.41) is 17.7. The molecule has 1 aliphatic heterocycles. The van der Waals surface area contributed by atoms with Gasteiger partial charge in [-0.2, -0.15) is 4.98 Å². The van der Waals surface area contributed by atoms with Crippen LogP contribution in [0.2, 0.25) is 0 Å². The second-order valence-electron chi connectivity index (χ2n) is 11.7. The van der Waals surface area contributed by atoms with Gasteiger partial charge in [-0.05, 0) is 56.9 Å². The van der Waals surface area contributed by atoms with Gasteiger partial charge in [0.1, 0.15) is 16.8 Å². The molecule has 2 aromatic carbocycles. The largest absolute Gasteiger partial charge is 0.496 e. The van der Waals surface area contributed by atoms with Gasteiger partial charge < -0.3 is 35.5 Å². The zero-order chi connectivity index (χ0) is 29.7. The maximum absolute atomic E-state index is 9.39. The van der Waals surface area contributed by atoms with E-state index in [-0.39, 0.29) is 24.2 Å². The number of fused-ring (bicyclic) bond motifs is 3. The van der Waals surface area contributed by atoms with Crippen LogP contribution in [0.4, 0.5) is 11.8 Å². The number of nitrogen functional groups attached to an aromatic ring is 1. The Hall–Kier alpha value is -3.66. The molecule has 1 fully saturated rings. The molecule has 3 heterocycles. The second-order valence-corrected chi connectivity index (χ2v) is 11.7. The summed E-state index contributed by atoms with van der Waals surface area (Å²) < 4.78 is 14.0. The molecule has 2 unspecified atom stereocenters. The van der Waals surface area contributed by atoms with E-state index in [2.05, 4.69) is 71.3 Å². The van der Waals surface area contributed by atoms with E-state index in [1.165, 1.54) is 5.56 Å². The minimum atomic E-state index is -0.0985. The third-order valence-electron chi connectivity index (χ3n) is 7.98. The van der Waals surface area contributed by atoms with E-state index in [0.29, 0.717) is 18.4 Å². The van der Waals surface area contributed by atoms with Crippen molar-refractivity contribution in [2.45, 2.75) is 77.2 Å². The molecule has 5 N–H and O–H groups in total. The Bertz CT molecular complexity index is 1550. The highest BCUT2D eigenvalue weighted by Gasteiger charge is 2.28. The van der Waals surface area contributed by atoms with Crippen molar-refractivity contribution in [2.24, 2.45) is 0 Å². The molecule has 9 heteroatoms. The average molecular weight is 573 g/mol. The van der Waals surface area contributed by atoms with Crippen LogP contribution in [0.15, 0.2) is 54.6 Å². The topological polar surface area (TPSA) is 119 Å². The zero-order valence-electron chi connectivity index (χ0n) is 25.2. The van der Waals surface area contributed by atoms with Gasteiger partial charge in [0.2, 0.25) is 5.95 Å². The summed E-state index contributed by atoms with van der Waals surface area (Å²) in [6.07, 6.45) is 7.61. The quantitative estimate of drug-likeness (QED) is 0.167. The fourth-order valence-corrected chi connectivity index (χ4v) is 6.04. The van der Waals surface area contributed by atoms with Crippen LogP contribution in [0.3, 0.4) is 0 Å². The Balaban J connectivity index is 1.53. The predicted octanol–water partition coefficient (Wildman–Crippen LogP) is 5.40. The van der Waals surface area contributed by atoms with Crippen molar-refractivity contribution in [2.75, 3.05) is 31.4 Å². The number of methoxy groups -OCH3 is 1. The van der Waals surface area contributed by atoms with E-state index < -0.39 is 0 Å². The van der Waals surface area contributed by atoms with Crippen LogP contribution in [0.5, 0.6) is 5.75 Å². The molecular formula is C33H44N6O3. The molecule has 0 amide bonds.